The Kier molecular flexibility index (Phi) is 4.95. The molecule has 1 aromatic heterocycles. The van der Waals surface area contributed by atoms with E-state index in [2.05, 4.69) is 20.2 Å². The molecular formula is C11H21N5O3S. The highest BCUT2D eigenvalue weighted by molar-refractivity contribution is 7.90. The van der Waals surface area contributed by atoms with Gasteiger partial charge in [-0.2, -0.15) is 12.7 Å². The van der Waals surface area contributed by atoms with E-state index in [1.165, 1.54) is 11.4 Å². The molecule has 9 heteroatoms. The van der Waals surface area contributed by atoms with Crippen LogP contribution in [-0.2, 0) is 10.2 Å². The lowest BCUT2D eigenvalue weighted by atomic mass is 10.2. The van der Waals surface area contributed by atoms with E-state index in [-0.39, 0.29) is 12.1 Å². The van der Waals surface area contributed by atoms with Gasteiger partial charge in [0.25, 0.3) is 0 Å². The molecule has 20 heavy (non-hydrogen) atoms. The Morgan fingerprint density at radius 3 is 2.95 bits per heavy atom. The molecule has 1 atom stereocenters. The molecule has 0 spiro atoms. The zero-order valence-corrected chi connectivity index (χ0v) is 12.6. The molecule has 2 rings (SSSR count). The number of hydrogen-bond donors (Lipinski definition) is 2. The van der Waals surface area contributed by atoms with Crippen molar-refractivity contribution in [2.45, 2.75) is 38.6 Å². The van der Waals surface area contributed by atoms with Gasteiger partial charge in [-0.3, -0.25) is 0 Å². The minimum absolute atomic E-state index is 0.0265. The lowest BCUT2D eigenvalue weighted by Gasteiger charge is -2.15. The van der Waals surface area contributed by atoms with Gasteiger partial charge in [0.15, 0.2) is 0 Å². The van der Waals surface area contributed by atoms with Crippen molar-refractivity contribution in [1.29, 1.82) is 0 Å². The van der Waals surface area contributed by atoms with E-state index in [4.69, 9.17) is 4.42 Å². The van der Waals surface area contributed by atoms with Crippen molar-refractivity contribution in [2.24, 2.45) is 0 Å². The van der Waals surface area contributed by atoms with Crippen LogP contribution in [0.15, 0.2) is 4.42 Å². The molecule has 0 aromatic carbocycles. The number of unbranched alkanes of at least 4 members (excludes halogenated alkanes) is 1. The van der Waals surface area contributed by atoms with Gasteiger partial charge in [-0.25, -0.2) is 4.72 Å². The highest BCUT2D eigenvalue weighted by atomic mass is 32.2. The van der Waals surface area contributed by atoms with Gasteiger partial charge < -0.3 is 9.73 Å². The van der Waals surface area contributed by atoms with Crippen molar-refractivity contribution in [3.8, 4) is 0 Å². The third-order valence-electron chi connectivity index (χ3n) is 3.25. The van der Waals surface area contributed by atoms with Crippen LogP contribution in [0, 0.1) is 0 Å². The summed E-state index contributed by atoms with van der Waals surface area (Å²) >= 11 is 0. The van der Waals surface area contributed by atoms with Crippen LogP contribution >= 0.6 is 0 Å². The summed E-state index contributed by atoms with van der Waals surface area (Å²) in [6.07, 6.45) is 3.70. The molecule has 0 amide bonds. The minimum atomic E-state index is -3.63. The third-order valence-corrected chi connectivity index (χ3v) is 4.69. The maximum Gasteiger partial charge on any atom is 0.330 e. The van der Waals surface area contributed by atoms with E-state index in [0.717, 1.165) is 32.2 Å². The van der Waals surface area contributed by atoms with Gasteiger partial charge in [-0.15, -0.1) is 5.10 Å². The number of rotatable bonds is 7. The Hall–Kier alpha value is -1.19. The smallest absolute Gasteiger partial charge is 0.330 e. The number of anilines is 1. The molecule has 114 valence electrons. The predicted octanol–water partition coefficient (Wildman–Crippen LogP) is 0.883. The summed E-state index contributed by atoms with van der Waals surface area (Å²) in [5.41, 5.74) is 0. The average Bonchev–Trinajstić information content (AvgIpc) is 3.05. The standard InChI is InChI=1S/C11H21N5O3S/c1-3-4-8-16(2)20(17,18)15-11-14-13-10(19-11)9-6-5-7-12-9/h9,12H,3-8H2,1-2H3,(H,14,15). The fraction of sp³-hybridized carbons (Fsp3) is 0.818. The van der Waals surface area contributed by atoms with Crippen molar-refractivity contribution in [3.63, 3.8) is 0 Å². The first-order valence-corrected chi connectivity index (χ1v) is 8.28. The molecule has 0 aliphatic carbocycles. The number of nitrogens with zero attached hydrogens (tertiary/aromatic N) is 3. The molecule has 1 aromatic rings. The molecule has 1 fully saturated rings. The fourth-order valence-corrected chi connectivity index (χ4v) is 2.83. The van der Waals surface area contributed by atoms with E-state index >= 15 is 0 Å². The summed E-state index contributed by atoms with van der Waals surface area (Å²) in [6.45, 7) is 3.37. The Labute approximate surface area is 119 Å². The van der Waals surface area contributed by atoms with E-state index < -0.39 is 10.2 Å². The van der Waals surface area contributed by atoms with E-state index in [0.29, 0.717) is 12.4 Å². The summed E-state index contributed by atoms with van der Waals surface area (Å²) in [7, 11) is -2.11. The van der Waals surface area contributed by atoms with Gasteiger partial charge in [0.1, 0.15) is 0 Å². The third kappa shape index (κ3) is 3.68. The zero-order chi connectivity index (χ0) is 14.6. The molecule has 0 saturated carbocycles. The summed E-state index contributed by atoms with van der Waals surface area (Å²) in [5.74, 6) is 0.427. The largest absolute Gasteiger partial charge is 0.406 e. The number of aromatic nitrogens is 2. The average molecular weight is 303 g/mol. The monoisotopic (exact) mass is 303 g/mol. The maximum absolute atomic E-state index is 12.0. The van der Waals surface area contributed by atoms with Crippen molar-refractivity contribution < 1.29 is 12.8 Å². The van der Waals surface area contributed by atoms with Crippen LogP contribution < -0.4 is 10.0 Å². The van der Waals surface area contributed by atoms with Gasteiger partial charge in [-0.1, -0.05) is 18.4 Å². The molecule has 2 N–H and O–H groups in total. The fourth-order valence-electron chi connectivity index (χ4n) is 2.00. The first kappa shape index (κ1) is 15.2. The molecule has 2 heterocycles. The van der Waals surface area contributed by atoms with Gasteiger partial charge >= 0.3 is 16.2 Å². The van der Waals surface area contributed by atoms with Crippen molar-refractivity contribution in [1.82, 2.24) is 19.8 Å². The summed E-state index contributed by atoms with van der Waals surface area (Å²) < 4.78 is 32.9. The zero-order valence-electron chi connectivity index (χ0n) is 11.8. The highest BCUT2D eigenvalue weighted by Gasteiger charge is 2.24. The second-order valence-electron chi connectivity index (χ2n) is 4.88. The summed E-state index contributed by atoms with van der Waals surface area (Å²) in [4.78, 5) is 0. The first-order chi connectivity index (χ1) is 9.53. The molecule has 1 unspecified atom stereocenters. The molecule has 0 radical (unpaired) electrons. The van der Waals surface area contributed by atoms with Crippen LogP contribution in [0.1, 0.15) is 44.5 Å². The van der Waals surface area contributed by atoms with E-state index in [1.54, 1.807) is 0 Å². The summed E-state index contributed by atoms with van der Waals surface area (Å²) in [5, 5.41) is 10.8. The first-order valence-electron chi connectivity index (χ1n) is 6.84. The van der Waals surface area contributed by atoms with Crippen molar-refractivity contribution >= 4 is 16.2 Å². The quantitative estimate of drug-likeness (QED) is 0.775. The predicted molar refractivity (Wildman–Crippen MR) is 74.4 cm³/mol. The van der Waals surface area contributed by atoms with E-state index in [1.807, 2.05) is 6.92 Å². The Bertz CT molecular complexity index is 524. The van der Waals surface area contributed by atoms with Crippen molar-refractivity contribution in [2.75, 3.05) is 24.9 Å². The maximum atomic E-state index is 12.0. The Balaban J connectivity index is 1.98. The molecule has 0 bridgehead atoms. The van der Waals surface area contributed by atoms with Crippen LogP contribution in [0.5, 0.6) is 0 Å². The minimum Gasteiger partial charge on any atom is -0.406 e. The Morgan fingerprint density at radius 1 is 1.50 bits per heavy atom. The van der Waals surface area contributed by atoms with Gasteiger partial charge in [-0.05, 0) is 25.8 Å². The molecule has 1 aliphatic rings. The molecule has 1 saturated heterocycles. The van der Waals surface area contributed by atoms with Crippen molar-refractivity contribution in [3.05, 3.63) is 5.89 Å². The SMILES string of the molecule is CCCCN(C)S(=O)(=O)Nc1nnc(C2CCCN2)o1. The number of nitrogens with one attached hydrogen (secondary N) is 2. The van der Waals surface area contributed by atoms with Gasteiger partial charge in [0.05, 0.1) is 6.04 Å². The van der Waals surface area contributed by atoms with Crippen LogP contribution in [-0.4, -0.2) is 43.1 Å². The second-order valence-corrected chi connectivity index (χ2v) is 6.65. The normalized spacial score (nSPS) is 19.6. The lowest BCUT2D eigenvalue weighted by Crippen LogP contribution is -2.33. The van der Waals surface area contributed by atoms with Crippen LogP contribution in [0.25, 0.3) is 0 Å². The molecule has 1 aliphatic heterocycles. The Morgan fingerprint density at radius 2 is 2.30 bits per heavy atom. The molecular weight excluding hydrogens is 282 g/mol. The lowest BCUT2D eigenvalue weighted by molar-refractivity contribution is 0.435. The molecule has 8 nitrogen and oxygen atoms in total. The van der Waals surface area contributed by atoms with E-state index in [9.17, 15) is 8.42 Å². The van der Waals surface area contributed by atoms with Crippen LogP contribution in [0.4, 0.5) is 6.01 Å². The van der Waals surface area contributed by atoms with Gasteiger partial charge in [0.2, 0.25) is 5.89 Å². The van der Waals surface area contributed by atoms with Crippen LogP contribution in [0.3, 0.4) is 0 Å². The van der Waals surface area contributed by atoms with Gasteiger partial charge in [0, 0.05) is 13.6 Å². The number of hydrogen-bond acceptors (Lipinski definition) is 6. The second kappa shape index (κ2) is 6.51. The highest BCUT2D eigenvalue weighted by Crippen LogP contribution is 2.23. The topological polar surface area (TPSA) is 100 Å². The summed E-state index contributed by atoms with van der Waals surface area (Å²) in [6, 6.07) is -0.0596. The van der Waals surface area contributed by atoms with Crippen LogP contribution in [0.2, 0.25) is 0 Å².